The zero-order chi connectivity index (χ0) is 14.8. The van der Waals surface area contributed by atoms with Crippen LogP contribution in [-0.2, 0) is 24.1 Å². The summed E-state index contributed by atoms with van der Waals surface area (Å²) >= 11 is 0. The zero-order valence-corrected chi connectivity index (χ0v) is 12.0. The molecular weight excluding hydrogens is 268 g/mol. The summed E-state index contributed by atoms with van der Waals surface area (Å²) in [7, 11) is 1.65. The van der Waals surface area contributed by atoms with Crippen LogP contribution in [0.1, 0.15) is 27.9 Å². The lowest BCUT2D eigenvalue weighted by molar-refractivity contribution is 0.0697. The molecule has 1 aromatic heterocycles. The van der Waals surface area contributed by atoms with E-state index >= 15 is 0 Å². The van der Waals surface area contributed by atoms with Gasteiger partial charge in [-0.15, -0.1) is 0 Å². The monoisotopic (exact) mass is 286 g/mol. The average molecular weight is 286 g/mol. The Balaban J connectivity index is 2.00. The molecule has 0 amide bonds. The van der Waals surface area contributed by atoms with Crippen molar-refractivity contribution in [3.63, 3.8) is 0 Å². The van der Waals surface area contributed by atoms with Crippen LogP contribution in [0.5, 0.6) is 0 Å². The summed E-state index contributed by atoms with van der Waals surface area (Å²) in [6.07, 6.45) is 6.70. The molecule has 0 atom stereocenters. The van der Waals surface area contributed by atoms with Gasteiger partial charge in [0.15, 0.2) is 0 Å². The Kier molecular flexibility index (Phi) is 3.75. The molecule has 5 heteroatoms. The van der Waals surface area contributed by atoms with Gasteiger partial charge in [-0.25, -0.2) is 4.79 Å². The lowest BCUT2D eigenvalue weighted by Crippen LogP contribution is -2.04. The number of benzene rings is 1. The third-order valence-electron chi connectivity index (χ3n) is 3.93. The summed E-state index contributed by atoms with van der Waals surface area (Å²) < 4.78 is 6.80. The van der Waals surface area contributed by atoms with E-state index < -0.39 is 5.97 Å². The quantitative estimate of drug-likeness (QED) is 0.916. The number of aromatic nitrogens is 2. The van der Waals surface area contributed by atoms with Crippen molar-refractivity contribution in [1.29, 1.82) is 0 Å². The normalized spacial score (nSPS) is 13.4. The number of fused-ring (bicyclic) bond motifs is 1. The van der Waals surface area contributed by atoms with Gasteiger partial charge in [0.2, 0.25) is 0 Å². The van der Waals surface area contributed by atoms with Gasteiger partial charge >= 0.3 is 5.97 Å². The Labute approximate surface area is 123 Å². The zero-order valence-electron chi connectivity index (χ0n) is 12.0. The highest BCUT2D eigenvalue weighted by molar-refractivity contribution is 5.96. The number of rotatable bonds is 5. The summed E-state index contributed by atoms with van der Waals surface area (Å²) in [5, 5.41) is 13.7. The molecule has 1 heterocycles. The second-order valence-electron chi connectivity index (χ2n) is 5.31. The van der Waals surface area contributed by atoms with Gasteiger partial charge in [-0.2, -0.15) is 5.10 Å². The summed E-state index contributed by atoms with van der Waals surface area (Å²) in [6, 6.07) is 3.84. The number of ether oxygens (including phenoxy) is 1. The predicted molar refractivity (Wildman–Crippen MR) is 78.5 cm³/mol. The number of hydrogen-bond acceptors (Lipinski definition) is 3. The van der Waals surface area contributed by atoms with E-state index in [0.29, 0.717) is 18.7 Å². The van der Waals surface area contributed by atoms with Crippen LogP contribution in [0.3, 0.4) is 0 Å². The first-order valence-corrected chi connectivity index (χ1v) is 7.10. The van der Waals surface area contributed by atoms with Gasteiger partial charge in [0.1, 0.15) is 0 Å². The summed E-state index contributed by atoms with van der Waals surface area (Å²) in [5.74, 6) is -0.885. The van der Waals surface area contributed by atoms with Crippen molar-refractivity contribution >= 4 is 5.97 Å². The largest absolute Gasteiger partial charge is 0.478 e. The molecule has 0 spiro atoms. The molecule has 0 unspecified atom stereocenters. The van der Waals surface area contributed by atoms with Crippen LogP contribution in [-0.4, -0.2) is 34.6 Å². The van der Waals surface area contributed by atoms with Crippen LogP contribution in [0.2, 0.25) is 0 Å². The van der Waals surface area contributed by atoms with Crippen LogP contribution >= 0.6 is 0 Å². The lowest BCUT2D eigenvalue weighted by Gasteiger charge is -2.08. The highest BCUT2D eigenvalue weighted by Crippen LogP contribution is 2.31. The van der Waals surface area contributed by atoms with Gasteiger partial charge in [0.25, 0.3) is 0 Å². The molecule has 21 heavy (non-hydrogen) atoms. The first kappa shape index (κ1) is 13.8. The number of aryl methyl sites for hydroxylation is 2. The third-order valence-corrected chi connectivity index (χ3v) is 3.93. The molecule has 1 N–H and O–H groups in total. The Morgan fingerprint density at radius 2 is 2.14 bits per heavy atom. The summed E-state index contributed by atoms with van der Waals surface area (Å²) in [5.41, 5.74) is 4.40. The molecule has 2 aromatic rings. The summed E-state index contributed by atoms with van der Waals surface area (Å²) in [4.78, 5) is 11.5. The highest BCUT2D eigenvalue weighted by atomic mass is 16.5. The number of aromatic carboxylic acids is 1. The number of carboxylic acids is 1. The Morgan fingerprint density at radius 3 is 2.86 bits per heavy atom. The van der Waals surface area contributed by atoms with Crippen LogP contribution in [0.4, 0.5) is 0 Å². The van der Waals surface area contributed by atoms with Crippen molar-refractivity contribution < 1.29 is 14.6 Å². The number of carboxylic acid groups (broad SMARTS) is 1. The Bertz CT molecular complexity index is 676. The molecule has 0 saturated heterocycles. The van der Waals surface area contributed by atoms with E-state index in [-0.39, 0.29) is 0 Å². The summed E-state index contributed by atoms with van der Waals surface area (Å²) in [6.45, 7) is 1.24. The Hall–Kier alpha value is -2.14. The fourth-order valence-corrected chi connectivity index (χ4v) is 2.85. The van der Waals surface area contributed by atoms with Gasteiger partial charge in [-0.3, -0.25) is 4.68 Å². The fourth-order valence-electron chi connectivity index (χ4n) is 2.85. The third kappa shape index (κ3) is 2.69. The minimum atomic E-state index is -0.885. The minimum absolute atomic E-state index is 0.363. The molecule has 5 nitrogen and oxygen atoms in total. The first-order valence-electron chi connectivity index (χ1n) is 7.10. The number of nitrogens with zero attached hydrogens (tertiary/aromatic N) is 2. The van der Waals surface area contributed by atoms with Crippen molar-refractivity contribution in [1.82, 2.24) is 9.78 Å². The van der Waals surface area contributed by atoms with Gasteiger partial charge in [-0.05, 0) is 48.1 Å². The maximum atomic E-state index is 11.5. The number of hydrogen-bond donors (Lipinski definition) is 1. The topological polar surface area (TPSA) is 64.3 Å². The van der Waals surface area contributed by atoms with Crippen LogP contribution < -0.4 is 0 Å². The molecule has 0 radical (unpaired) electrons. The van der Waals surface area contributed by atoms with Gasteiger partial charge in [0.05, 0.1) is 24.9 Å². The van der Waals surface area contributed by atoms with E-state index in [1.807, 2.05) is 18.3 Å². The SMILES string of the molecule is COCCn1cc(-c2cc3c(cc2C(=O)O)CCC3)cn1. The van der Waals surface area contributed by atoms with Crippen molar-refractivity contribution in [2.75, 3.05) is 13.7 Å². The molecule has 3 rings (SSSR count). The molecule has 1 aromatic carbocycles. The van der Waals surface area contributed by atoms with Crippen molar-refractivity contribution in [3.8, 4) is 11.1 Å². The van der Waals surface area contributed by atoms with Crippen molar-refractivity contribution in [3.05, 3.63) is 41.2 Å². The van der Waals surface area contributed by atoms with E-state index in [1.54, 1.807) is 18.0 Å². The van der Waals surface area contributed by atoms with Gasteiger partial charge < -0.3 is 9.84 Å². The minimum Gasteiger partial charge on any atom is -0.478 e. The van der Waals surface area contributed by atoms with E-state index in [4.69, 9.17) is 4.74 Å². The molecule has 0 bridgehead atoms. The van der Waals surface area contributed by atoms with E-state index in [1.165, 1.54) is 11.1 Å². The second-order valence-corrected chi connectivity index (χ2v) is 5.31. The Morgan fingerprint density at radius 1 is 1.38 bits per heavy atom. The molecule has 110 valence electrons. The van der Waals surface area contributed by atoms with Crippen molar-refractivity contribution in [2.24, 2.45) is 0 Å². The van der Waals surface area contributed by atoms with Crippen LogP contribution in [0.15, 0.2) is 24.5 Å². The number of methoxy groups -OCH3 is 1. The van der Waals surface area contributed by atoms with E-state index in [0.717, 1.165) is 30.4 Å². The van der Waals surface area contributed by atoms with E-state index in [2.05, 4.69) is 5.10 Å². The van der Waals surface area contributed by atoms with Crippen LogP contribution in [0.25, 0.3) is 11.1 Å². The number of carbonyl (C=O) groups is 1. The predicted octanol–water partition coefficient (Wildman–Crippen LogP) is 2.38. The van der Waals surface area contributed by atoms with Crippen molar-refractivity contribution in [2.45, 2.75) is 25.8 Å². The van der Waals surface area contributed by atoms with Gasteiger partial charge in [0, 0.05) is 18.9 Å². The maximum absolute atomic E-state index is 11.5. The highest BCUT2D eigenvalue weighted by Gasteiger charge is 2.19. The molecule has 0 fully saturated rings. The fraction of sp³-hybridized carbons (Fsp3) is 0.375. The standard InChI is InChI=1S/C16H18N2O3/c1-21-6-5-18-10-13(9-17-18)14-7-11-3-2-4-12(11)8-15(14)16(19)20/h7-10H,2-6H2,1H3,(H,19,20). The van der Waals surface area contributed by atoms with E-state index in [9.17, 15) is 9.90 Å². The van der Waals surface area contributed by atoms with Crippen LogP contribution in [0, 0.1) is 0 Å². The molecular formula is C16H18N2O3. The molecule has 1 aliphatic carbocycles. The smallest absolute Gasteiger partial charge is 0.336 e. The average Bonchev–Trinajstić information content (AvgIpc) is 3.12. The lowest BCUT2D eigenvalue weighted by atomic mass is 9.96. The first-order chi connectivity index (χ1) is 10.2. The second kappa shape index (κ2) is 5.69. The maximum Gasteiger partial charge on any atom is 0.336 e. The van der Waals surface area contributed by atoms with Gasteiger partial charge in [-0.1, -0.05) is 0 Å². The molecule has 0 aliphatic heterocycles. The molecule has 1 aliphatic rings. The molecule has 0 saturated carbocycles.